The molecule has 29 heavy (non-hydrogen) atoms. The zero-order valence-electron chi connectivity index (χ0n) is 16.9. The third-order valence-corrected chi connectivity index (χ3v) is 4.52. The lowest BCUT2D eigenvalue weighted by atomic mass is 10.1. The Kier molecular flexibility index (Phi) is 4.85. The summed E-state index contributed by atoms with van der Waals surface area (Å²) in [5.74, 6) is 0. The number of hydrogen-bond donors (Lipinski definition) is 0. The van der Waals surface area contributed by atoms with E-state index in [4.69, 9.17) is 4.74 Å². The number of ether oxygens (including phenoxy) is 1. The quantitative estimate of drug-likeness (QED) is 0.403. The second-order valence-electron chi connectivity index (χ2n) is 7.89. The number of para-hydroxylation sites is 2. The molecule has 4 nitrogen and oxygen atoms in total. The summed E-state index contributed by atoms with van der Waals surface area (Å²) in [6, 6.07) is 29.8. The summed E-state index contributed by atoms with van der Waals surface area (Å²) in [7, 11) is 0. The normalized spacial score (nSPS) is 11.4. The average Bonchev–Trinajstić information content (AvgIpc) is 3.08. The molecular weight excluding hydrogens is 360 g/mol. The van der Waals surface area contributed by atoms with E-state index in [1.807, 2.05) is 104 Å². The second-order valence-corrected chi connectivity index (χ2v) is 7.89. The maximum absolute atomic E-state index is 13.4. The van der Waals surface area contributed by atoms with Crippen molar-refractivity contribution in [1.82, 2.24) is 4.68 Å². The monoisotopic (exact) mass is 384 g/mol. The van der Waals surface area contributed by atoms with Gasteiger partial charge in [-0.1, -0.05) is 66.7 Å². The molecule has 4 rings (SSSR count). The molecule has 0 aliphatic heterocycles. The summed E-state index contributed by atoms with van der Waals surface area (Å²) >= 11 is 0. The summed E-state index contributed by atoms with van der Waals surface area (Å²) in [4.78, 5) is 13.4. The van der Waals surface area contributed by atoms with E-state index in [-0.39, 0.29) is 0 Å². The predicted molar refractivity (Wildman–Crippen MR) is 118 cm³/mol. The summed E-state index contributed by atoms with van der Waals surface area (Å²) in [5, 5.41) is 2.66. The van der Waals surface area contributed by atoms with Crippen molar-refractivity contribution >= 4 is 22.7 Å². The summed E-state index contributed by atoms with van der Waals surface area (Å²) in [6.07, 6.45) is -0.428. The van der Waals surface area contributed by atoms with Gasteiger partial charge >= 0.3 is 6.09 Å². The third kappa shape index (κ3) is 3.87. The Hall–Kier alpha value is -3.53. The number of benzene rings is 3. The van der Waals surface area contributed by atoms with Crippen molar-refractivity contribution < 1.29 is 9.53 Å². The molecule has 0 atom stereocenters. The van der Waals surface area contributed by atoms with E-state index >= 15 is 0 Å². The maximum atomic E-state index is 13.4. The number of amides is 1. The van der Waals surface area contributed by atoms with Gasteiger partial charge in [-0.25, -0.2) is 9.47 Å². The molecule has 146 valence electrons. The average molecular weight is 384 g/mol. The minimum Gasteiger partial charge on any atom is -0.442 e. The lowest BCUT2D eigenvalue weighted by Gasteiger charge is -2.30. The lowest BCUT2D eigenvalue weighted by Crippen LogP contribution is -2.40. The minimum atomic E-state index is -0.611. The molecule has 0 saturated heterocycles. The van der Waals surface area contributed by atoms with Crippen molar-refractivity contribution in [3.63, 3.8) is 0 Å². The first-order chi connectivity index (χ1) is 13.9. The summed E-state index contributed by atoms with van der Waals surface area (Å²) in [6.45, 7) is 5.62. The van der Waals surface area contributed by atoms with Crippen LogP contribution in [-0.4, -0.2) is 16.4 Å². The van der Waals surface area contributed by atoms with E-state index in [9.17, 15) is 4.79 Å². The van der Waals surface area contributed by atoms with Crippen LogP contribution in [0.15, 0.2) is 91.0 Å². The van der Waals surface area contributed by atoms with Gasteiger partial charge in [0, 0.05) is 10.9 Å². The number of carbonyl (C=O) groups is 1. The zero-order chi connectivity index (χ0) is 20.4. The van der Waals surface area contributed by atoms with Gasteiger partial charge in [-0.05, 0) is 45.0 Å². The van der Waals surface area contributed by atoms with Crippen molar-refractivity contribution in [2.24, 2.45) is 0 Å². The first-order valence-electron chi connectivity index (χ1n) is 9.68. The zero-order valence-corrected chi connectivity index (χ0v) is 16.9. The fraction of sp³-hybridized carbons (Fsp3) is 0.160. The fourth-order valence-corrected chi connectivity index (χ4v) is 3.35. The van der Waals surface area contributed by atoms with E-state index in [2.05, 4.69) is 12.1 Å². The van der Waals surface area contributed by atoms with Crippen LogP contribution < -0.4 is 5.01 Å². The van der Waals surface area contributed by atoms with Crippen LogP contribution in [0.2, 0.25) is 0 Å². The van der Waals surface area contributed by atoms with E-state index in [1.165, 1.54) is 0 Å². The highest BCUT2D eigenvalue weighted by atomic mass is 16.6. The van der Waals surface area contributed by atoms with Crippen LogP contribution in [0.5, 0.6) is 0 Å². The minimum absolute atomic E-state index is 0.428. The van der Waals surface area contributed by atoms with Crippen LogP contribution in [0.25, 0.3) is 22.2 Å². The topological polar surface area (TPSA) is 34.5 Å². The van der Waals surface area contributed by atoms with Gasteiger partial charge in [-0.3, -0.25) is 0 Å². The molecule has 0 saturated carbocycles. The number of hydrogen-bond acceptors (Lipinski definition) is 2. The summed E-state index contributed by atoms with van der Waals surface area (Å²) < 4.78 is 7.72. The van der Waals surface area contributed by atoms with Gasteiger partial charge in [0.1, 0.15) is 5.60 Å². The number of nitrogens with zero attached hydrogens (tertiary/aromatic N) is 2. The molecule has 0 fully saturated rings. The van der Waals surface area contributed by atoms with E-state index in [0.717, 1.165) is 27.8 Å². The number of fused-ring (bicyclic) bond motifs is 1. The molecule has 4 heteroatoms. The van der Waals surface area contributed by atoms with Crippen LogP contribution in [-0.2, 0) is 4.74 Å². The highest BCUT2D eigenvalue weighted by Crippen LogP contribution is 2.32. The number of aromatic nitrogens is 1. The maximum Gasteiger partial charge on any atom is 0.434 e. The molecule has 0 radical (unpaired) electrons. The Bertz CT molecular complexity index is 1130. The first kappa shape index (κ1) is 18.8. The van der Waals surface area contributed by atoms with Crippen molar-refractivity contribution in [2.45, 2.75) is 26.4 Å². The first-order valence-corrected chi connectivity index (χ1v) is 9.68. The number of carbonyl (C=O) groups excluding carboxylic acids is 1. The van der Waals surface area contributed by atoms with Crippen LogP contribution in [0.1, 0.15) is 20.8 Å². The van der Waals surface area contributed by atoms with Gasteiger partial charge in [0.05, 0.1) is 16.9 Å². The molecule has 0 spiro atoms. The van der Waals surface area contributed by atoms with Crippen molar-refractivity contribution in [1.29, 1.82) is 0 Å². The highest BCUT2D eigenvalue weighted by molar-refractivity contribution is 5.94. The van der Waals surface area contributed by atoms with E-state index in [1.54, 1.807) is 5.01 Å². The van der Waals surface area contributed by atoms with Crippen molar-refractivity contribution in [2.75, 3.05) is 5.01 Å². The second kappa shape index (κ2) is 7.47. The fourth-order valence-electron chi connectivity index (χ4n) is 3.35. The molecule has 4 aromatic rings. The van der Waals surface area contributed by atoms with Gasteiger partial charge in [-0.2, -0.15) is 5.01 Å². The van der Waals surface area contributed by atoms with Gasteiger partial charge in [0.15, 0.2) is 0 Å². The smallest absolute Gasteiger partial charge is 0.434 e. The largest absolute Gasteiger partial charge is 0.442 e. The van der Waals surface area contributed by atoms with E-state index < -0.39 is 11.7 Å². The Morgan fingerprint density at radius 3 is 2.07 bits per heavy atom. The van der Waals surface area contributed by atoms with Crippen molar-refractivity contribution in [3.8, 4) is 11.3 Å². The summed E-state index contributed by atoms with van der Waals surface area (Å²) in [5.41, 5.74) is 3.00. The molecule has 3 aromatic carbocycles. The molecule has 0 N–H and O–H groups in total. The Morgan fingerprint density at radius 1 is 0.828 bits per heavy atom. The molecule has 0 bridgehead atoms. The van der Waals surface area contributed by atoms with Crippen LogP contribution >= 0.6 is 0 Å². The standard InChI is InChI=1S/C25H24N2O2/c1-25(2,3)29-24(28)26(21-15-8-5-9-16-21)27-22-17-11-10-14-20(22)18-23(27)19-12-6-4-7-13-19/h4-18H,1-3H3. The SMILES string of the molecule is CC(C)(C)OC(=O)N(c1ccccc1)n1c(-c2ccccc2)cc2ccccc21. The molecule has 1 heterocycles. The van der Waals surface area contributed by atoms with Gasteiger partial charge < -0.3 is 4.74 Å². The molecular formula is C25H24N2O2. The molecule has 0 aliphatic rings. The molecule has 1 amide bonds. The molecule has 1 aromatic heterocycles. The number of rotatable bonds is 3. The van der Waals surface area contributed by atoms with Crippen LogP contribution in [0, 0.1) is 0 Å². The van der Waals surface area contributed by atoms with E-state index in [0.29, 0.717) is 0 Å². The number of anilines is 1. The van der Waals surface area contributed by atoms with Gasteiger partial charge in [-0.15, -0.1) is 0 Å². The Balaban J connectivity index is 1.98. The lowest BCUT2D eigenvalue weighted by molar-refractivity contribution is 0.0567. The molecule has 0 unspecified atom stereocenters. The van der Waals surface area contributed by atoms with Crippen molar-refractivity contribution in [3.05, 3.63) is 91.0 Å². The van der Waals surface area contributed by atoms with Gasteiger partial charge in [0.25, 0.3) is 0 Å². The van der Waals surface area contributed by atoms with Crippen LogP contribution in [0.3, 0.4) is 0 Å². The Labute approximate surface area is 170 Å². The van der Waals surface area contributed by atoms with Gasteiger partial charge in [0.2, 0.25) is 0 Å². The Morgan fingerprint density at radius 2 is 1.41 bits per heavy atom. The predicted octanol–water partition coefficient (Wildman–Crippen LogP) is 6.51. The third-order valence-electron chi connectivity index (χ3n) is 4.52. The molecule has 0 aliphatic carbocycles. The van der Waals surface area contributed by atoms with Crippen LogP contribution in [0.4, 0.5) is 10.5 Å². The highest BCUT2D eigenvalue weighted by Gasteiger charge is 2.28.